The van der Waals surface area contributed by atoms with E-state index in [9.17, 15) is 0 Å². The maximum Gasteiger partial charge on any atom is 0.124 e. The first-order chi connectivity index (χ1) is 7.17. The van der Waals surface area contributed by atoms with Gasteiger partial charge in [0.15, 0.2) is 0 Å². The van der Waals surface area contributed by atoms with Gasteiger partial charge in [0.1, 0.15) is 11.5 Å². The van der Waals surface area contributed by atoms with Crippen molar-refractivity contribution in [1.29, 1.82) is 0 Å². The van der Waals surface area contributed by atoms with Gasteiger partial charge in [-0.25, -0.2) is 0 Å². The van der Waals surface area contributed by atoms with Crippen LogP contribution in [0, 0.1) is 0 Å². The summed E-state index contributed by atoms with van der Waals surface area (Å²) in [6, 6.07) is 5.69. The summed E-state index contributed by atoms with van der Waals surface area (Å²) in [5.74, 6) is 1.65. The van der Waals surface area contributed by atoms with Gasteiger partial charge < -0.3 is 14.2 Å². The van der Waals surface area contributed by atoms with Crippen LogP contribution in [0.25, 0.3) is 0 Å². The number of benzene rings is 1. The van der Waals surface area contributed by atoms with Crippen LogP contribution >= 0.6 is 0 Å². The average molecular weight is 210 g/mol. The van der Waals surface area contributed by atoms with Crippen molar-refractivity contribution in [2.75, 3.05) is 14.2 Å². The van der Waals surface area contributed by atoms with Gasteiger partial charge >= 0.3 is 0 Å². The molecule has 0 saturated heterocycles. The van der Waals surface area contributed by atoms with Crippen molar-refractivity contribution in [1.82, 2.24) is 0 Å². The minimum absolute atomic E-state index is 0.209. The van der Waals surface area contributed by atoms with Crippen molar-refractivity contribution in [2.45, 2.75) is 26.6 Å². The number of ether oxygens (including phenoxy) is 3. The molecule has 84 valence electrons. The monoisotopic (exact) mass is 210 g/mol. The lowest BCUT2D eigenvalue weighted by atomic mass is 10.2. The Morgan fingerprint density at radius 1 is 1.13 bits per heavy atom. The third kappa shape index (κ3) is 3.44. The van der Waals surface area contributed by atoms with Gasteiger partial charge in [-0.3, -0.25) is 0 Å². The van der Waals surface area contributed by atoms with Crippen LogP contribution < -0.4 is 9.47 Å². The van der Waals surface area contributed by atoms with Gasteiger partial charge in [0.05, 0.1) is 26.9 Å². The molecular weight excluding hydrogens is 192 g/mol. The van der Waals surface area contributed by atoms with Crippen LogP contribution in [-0.2, 0) is 11.3 Å². The fraction of sp³-hybridized carbons (Fsp3) is 0.500. The Kier molecular flexibility index (Phi) is 4.43. The molecule has 0 heterocycles. The zero-order valence-electron chi connectivity index (χ0n) is 9.74. The van der Waals surface area contributed by atoms with E-state index in [4.69, 9.17) is 14.2 Å². The average Bonchev–Trinajstić information content (AvgIpc) is 2.25. The minimum Gasteiger partial charge on any atom is -0.497 e. The first kappa shape index (κ1) is 11.9. The molecule has 0 radical (unpaired) electrons. The van der Waals surface area contributed by atoms with Crippen LogP contribution in [0.2, 0.25) is 0 Å². The molecule has 0 fully saturated rings. The first-order valence-corrected chi connectivity index (χ1v) is 5.00. The van der Waals surface area contributed by atoms with Crippen molar-refractivity contribution >= 4 is 0 Å². The van der Waals surface area contributed by atoms with Crippen LogP contribution in [0.15, 0.2) is 18.2 Å². The summed E-state index contributed by atoms with van der Waals surface area (Å²) < 4.78 is 15.9. The van der Waals surface area contributed by atoms with Gasteiger partial charge in [-0.05, 0) is 32.0 Å². The van der Waals surface area contributed by atoms with E-state index >= 15 is 0 Å². The highest BCUT2D eigenvalue weighted by atomic mass is 16.5. The first-order valence-electron chi connectivity index (χ1n) is 5.00. The lowest BCUT2D eigenvalue weighted by molar-refractivity contribution is 0.0643. The summed E-state index contributed by atoms with van der Waals surface area (Å²) in [6.07, 6.45) is 0.209. The summed E-state index contributed by atoms with van der Waals surface area (Å²) in [4.78, 5) is 0. The molecule has 3 nitrogen and oxygen atoms in total. The van der Waals surface area contributed by atoms with E-state index in [1.165, 1.54) is 0 Å². The molecule has 0 aliphatic heterocycles. The Hall–Kier alpha value is -1.22. The topological polar surface area (TPSA) is 27.7 Å². The Labute approximate surface area is 91.0 Å². The van der Waals surface area contributed by atoms with Gasteiger partial charge in [-0.2, -0.15) is 0 Å². The van der Waals surface area contributed by atoms with Gasteiger partial charge in [0, 0.05) is 5.56 Å². The molecule has 0 aromatic heterocycles. The molecule has 0 N–H and O–H groups in total. The molecule has 0 saturated carbocycles. The van der Waals surface area contributed by atoms with Crippen LogP contribution in [-0.4, -0.2) is 20.3 Å². The molecule has 0 unspecified atom stereocenters. The zero-order chi connectivity index (χ0) is 11.3. The van der Waals surface area contributed by atoms with Gasteiger partial charge in [0.2, 0.25) is 0 Å². The number of hydrogen-bond acceptors (Lipinski definition) is 3. The Morgan fingerprint density at radius 3 is 2.40 bits per heavy atom. The van der Waals surface area contributed by atoms with Crippen LogP contribution in [0.4, 0.5) is 0 Å². The number of hydrogen-bond donors (Lipinski definition) is 0. The van der Waals surface area contributed by atoms with Crippen LogP contribution in [0.5, 0.6) is 11.5 Å². The van der Waals surface area contributed by atoms with Crippen LogP contribution in [0.3, 0.4) is 0 Å². The Bertz CT molecular complexity index is 308. The van der Waals surface area contributed by atoms with Crippen molar-refractivity contribution in [3.63, 3.8) is 0 Å². The van der Waals surface area contributed by atoms with Gasteiger partial charge in [0.25, 0.3) is 0 Å². The summed E-state index contributed by atoms with van der Waals surface area (Å²) in [6.45, 7) is 4.55. The fourth-order valence-corrected chi connectivity index (χ4v) is 1.25. The number of methoxy groups -OCH3 is 2. The third-order valence-electron chi connectivity index (χ3n) is 2.06. The summed E-state index contributed by atoms with van der Waals surface area (Å²) in [5, 5.41) is 0. The molecule has 15 heavy (non-hydrogen) atoms. The second-order valence-corrected chi connectivity index (χ2v) is 3.54. The Balaban J connectivity index is 2.81. The van der Waals surface area contributed by atoms with E-state index in [-0.39, 0.29) is 6.10 Å². The maximum absolute atomic E-state index is 5.53. The highest BCUT2D eigenvalue weighted by Crippen LogP contribution is 2.24. The zero-order valence-corrected chi connectivity index (χ0v) is 9.74. The molecule has 0 bridgehead atoms. The lowest BCUT2D eigenvalue weighted by Gasteiger charge is -2.12. The molecule has 0 spiro atoms. The SMILES string of the molecule is COc1ccc(OC)c(COC(C)C)c1. The van der Waals surface area contributed by atoms with Crippen molar-refractivity contribution in [3.05, 3.63) is 23.8 Å². The summed E-state index contributed by atoms with van der Waals surface area (Å²) in [5.41, 5.74) is 1.01. The molecule has 3 heteroatoms. The minimum atomic E-state index is 0.209. The van der Waals surface area contributed by atoms with E-state index in [2.05, 4.69) is 0 Å². The van der Waals surface area contributed by atoms with E-state index in [0.29, 0.717) is 6.61 Å². The molecule has 0 aliphatic rings. The third-order valence-corrected chi connectivity index (χ3v) is 2.06. The standard InChI is InChI=1S/C12H18O3/c1-9(2)15-8-10-7-11(13-3)5-6-12(10)14-4/h5-7,9H,8H2,1-4H3. The maximum atomic E-state index is 5.53. The highest BCUT2D eigenvalue weighted by molar-refractivity contribution is 5.39. The van der Waals surface area contributed by atoms with E-state index < -0.39 is 0 Å². The van der Waals surface area contributed by atoms with Crippen molar-refractivity contribution < 1.29 is 14.2 Å². The quantitative estimate of drug-likeness (QED) is 0.747. The highest BCUT2D eigenvalue weighted by Gasteiger charge is 2.05. The molecular formula is C12H18O3. The molecule has 0 aliphatic carbocycles. The molecule has 1 rings (SSSR count). The van der Waals surface area contributed by atoms with E-state index in [1.54, 1.807) is 14.2 Å². The van der Waals surface area contributed by atoms with Gasteiger partial charge in [-0.15, -0.1) is 0 Å². The lowest BCUT2D eigenvalue weighted by Crippen LogP contribution is -2.03. The largest absolute Gasteiger partial charge is 0.497 e. The second kappa shape index (κ2) is 5.61. The molecule has 0 amide bonds. The van der Waals surface area contributed by atoms with Crippen molar-refractivity contribution in [3.8, 4) is 11.5 Å². The number of rotatable bonds is 5. The summed E-state index contributed by atoms with van der Waals surface area (Å²) >= 11 is 0. The van der Waals surface area contributed by atoms with Crippen LogP contribution in [0.1, 0.15) is 19.4 Å². The molecule has 1 aromatic rings. The van der Waals surface area contributed by atoms with Gasteiger partial charge in [-0.1, -0.05) is 0 Å². The molecule has 1 aromatic carbocycles. The normalized spacial score (nSPS) is 10.5. The molecule has 0 atom stereocenters. The second-order valence-electron chi connectivity index (χ2n) is 3.54. The van der Waals surface area contributed by atoms with Crippen molar-refractivity contribution in [2.24, 2.45) is 0 Å². The van der Waals surface area contributed by atoms with E-state index in [1.807, 2.05) is 32.0 Å². The predicted molar refractivity (Wildman–Crippen MR) is 59.5 cm³/mol. The predicted octanol–water partition coefficient (Wildman–Crippen LogP) is 2.63. The smallest absolute Gasteiger partial charge is 0.124 e. The van der Waals surface area contributed by atoms with E-state index in [0.717, 1.165) is 17.1 Å². The summed E-state index contributed by atoms with van der Waals surface area (Å²) in [7, 11) is 3.30. The Morgan fingerprint density at radius 2 is 1.87 bits per heavy atom. The fourth-order valence-electron chi connectivity index (χ4n) is 1.25.